The van der Waals surface area contributed by atoms with Gasteiger partial charge in [0, 0.05) is 18.2 Å². The van der Waals surface area contributed by atoms with Gasteiger partial charge in [0.05, 0.1) is 26.5 Å². The predicted octanol–water partition coefficient (Wildman–Crippen LogP) is 2.74. The highest BCUT2D eigenvalue weighted by atomic mass is 16.5. The SMILES string of the molecule is COc1ccc(-c2ccc(=O)n(CCNC(=O)COc3cc(C)cc(C)c3)n2)cc1OC. The van der Waals surface area contributed by atoms with E-state index in [1.807, 2.05) is 38.1 Å². The van der Waals surface area contributed by atoms with Crippen LogP contribution in [0, 0.1) is 13.8 Å². The summed E-state index contributed by atoms with van der Waals surface area (Å²) in [7, 11) is 3.12. The molecule has 1 N–H and O–H groups in total. The lowest BCUT2D eigenvalue weighted by Gasteiger charge is -2.11. The summed E-state index contributed by atoms with van der Waals surface area (Å²) in [6.45, 7) is 4.32. The number of methoxy groups -OCH3 is 2. The summed E-state index contributed by atoms with van der Waals surface area (Å²) >= 11 is 0. The van der Waals surface area contributed by atoms with Crippen LogP contribution >= 0.6 is 0 Å². The van der Waals surface area contributed by atoms with Crippen LogP contribution in [0.5, 0.6) is 17.2 Å². The smallest absolute Gasteiger partial charge is 0.266 e. The number of benzene rings is 2. The zero-order valence-corrected chi connectivity index (χ0v) is 18.7. The van der Waals surface area contributed by atoms with Crippen molar-refractivity contribution in [3.05, 3.63) is 70.0 Å². The fourth-order valence-corrected chi connectivity index (χ4v) is 3.28. The first-order valence-corrected chi connectivity index (χ1v) is 10.2. The molecule has 0 unspecified atom stereocenters. The molecule has 0 spiro atoms. The summed E-state index contributed by atoms with van der Waals surface area (Å²) in [5.74, 6) is 1.56. The Morgan fingerprint density at radius 1 is 0.969 bits per heavy atom. The highest BCUT2D eigenvalue weighted by molar-refractivity contribution is 5.77. The van der Waals surface area contributed by atoms with Crippen LogP contribution in [0.1, 0.15) is 11.1 Å². The standard InChI is InChI=1S/C24H27N3O5/c1-16-11-17(2)13-19(12-16)32-15-23(28)25-9-10-27-24(29)8-6-20(26-27)18-5-7-21(30-3)22(14-18)31-4/h5-8,11-14H,9-10,15H2,1-4H3,(H,25,28). The van der Waals surface area contributed by atoms with Crippen molar-refractivity contribution in [2.45, 2.75) is 20.4 Å². The van der Waals surface area contributed by atoms with E-state index in [1.165, 1.54) is 10.7 Å². The molecule has 0 radical (unpaired) electrons. The molecule has 0 aliphatic rings. The molecule has 0 bridgehead atoms. The van der Waals surface area contributed by atoms with E-state index in [-0.39, 0.29) is 31.2 Å². The van der Waals surface area contributed by atoms with Gasteiger partial charge in [-0.3, -0.25) is 9.59 Å². The molecule has 3 aromatic rings. The van der Waals surface area contributed by atoms with Crippen LogP contribution < -0.4 is 25.1 Å². The summed E-state index contributed by atoms with van der Waals surface area (Å²) in [6, 6.07) is 14.3. The second kappa shape index (κ2) is 10.5. The van der Waals surface area contributed by atoms with Gasteiger partial charge >= 0.3 is 0 Å². The van der Waals surface area contributed by atoms with Gasteiger partial charge in [0.25, 0.3) is 11.5 Å². The third-order valence-corrected chi connectivity index (χ3v) is 4.76. The van der Waals surface area contributed by atoms with Gasteiger partial charge in [-0.25, -0.2) is 4.68 Å². The van der Waals surface area contributed by atoms with Crippen LogP contribution in [0.2, 0.25) is 0 Å². The molecule has 32 heavy (non-hydrogen) atoms. The number of nitrogens with zero attached hydrogens (tertiary/aromatic N) is 2. The van der Waals surface area contributed by atoms with Gasteiger partial charge in [0.15, 0.2) is 18.1 Å². The molecule has 8 heteroatoms. The minimum atomic E-state index is -0.270. The number of aromatic nitrogens is 2. The Morgan fingerprint density at radius 3 is 2.38 bits per heavy atom. The fraction of sp³-hybridized carbons (Fsp3) is 0.292. The van der Waals surface area contributed by atoms with Crippen molar-refractivity contribution in [3.63, 3.8) is 0 Å². The maximum absolute atomic E-state index is 12.2. The van der Waals surface area contributed by atoms with E-state index in [4.69, 9.17) is 14.2 Å². The number of aryl methyl sites for hydroxylation is 2. The number of rotatable bonds is 9. The van der Waals surface area contributed by atoms with Gasteiger partial charge in [-0.2, -0.15) is 5.10 Å². The first-order chi connectivity index (χ1) is 15.4. The van der Waals surface area contributed by atoms with Crippen molar-refractivity contribution in [2.24, 2.45) is 0 Å². The number of amides is 1. The van der Waals surface area contributed by atoms with Crippen molar-refractivity contribution in [2.75, 3.05) is 27.4 Å². The second-order valence-corrected chi connectivity index (χ2v) is 7.31. The first-order valence-electron chi connectivity index (χ1n) is 10.2. The zero-order valence-electron chi connectivity index (χ0n) is 18.7. The molecule has 0 atom stereocenters. The number of nitrogens with one attached hydrogen (secondary N) is 1. The highest BCUT2D eigenvalue weighted by Crippen LogP contribution is 2.31. The van der Waals surface area contributed by atoms with Crippen LogP contribution in [0.25, 0.3) is 11.3 Å². The Hall–Kier alpha value is -3.81. The lowest BCUT2D eigenvalue weighted by atomic mass is 10.1. The molecule has 8 nitrogen and oxygen atoms in total. The van der Waals surface area contributed by atoms with Crippen LogP contribution in [-0.2, 0) is 11.3 Å². The molecule has 2 aromatic carbocycles. The fourth-order valence-electron chi connectivity index (χ4n) is 3.28. The summed E-state index contributed by atoms with van der Waals surface area (Å²) < 4.78 is 17.5. The van der Waals surface area contributed by atoms with Crippen LogP contribution in [0.4, 0.5) is 0 Å². The molecule has 0 aliphatic carbocycles. The Kier molecular flexibility index (Phi) is 7.49. The highest BCUT2D eigenvalue weighted by Gasteiger charge is 2.09. The van der Waals surface area contributed by atoms with Gasteiger partial charge in [0.1, 0.15) is 5.75 Å². The quantitative estimate of drug-likeness (QED) is 0.554. The van der Waals surface area contributed by atoms with E-state index in [1.54, 1.807) is 32.4 Å². The predicted molar refractivity (Wildman–Crippen MR) is 121 cm³/mol. The Labute approximate surface area is 186 Å². The van der Waals surface area contributed by atoms with E-state index in [0.717, 1.165) is 16.7 Å². The molecular formula is C24H27N3O5. The topological polar surface area (TPSA) is 91.7 Å². The lowest BCUT2D eigenvalue weighted by molar-refractivity contribution is -0.123. The van der Waals surface area contributed by atoms with Crippen LogP contribution in [0.3, 0.4) is 0 Å². The van der Waals surface area contributed by atoms with Gasteiger partial charge in [-0.15, -0.1) is 0 Å². The molecule has 0 fully saturated rings. The third kappa shape index (κ3) is 5.87. The van der Waals surface area contributed by atoms with E-state index in [9.17, 15) is 9.59 Å². The lowest BCUT2D eigenvalue weighted by Crippen LogP contribution is -2.34. The number of carbonyl (C=O) groups is 1. The summed E-state index contributed by atoms with van der Waals surface area (Å²) in [5.41, 5.74) is 3.27. The molecule has 1 heterocycles. The van der Waals surface area contributed by atoms with Crippen molar-refractivity contribution >= 4 is 5.91 Å². The van der Waals surface area contributed by atoms with Crippen molar-refractivity contribution in [1.82, 2.24) is 15.1 Å². The minimum absolute atomic E-state index is 0.100. The second-order valence-electron chi connectivity index (χ2n) is 7.31. The molecule has 0 saturated carbocycles. The van der Waals surface area contributed by atoms with Crippen molar-refractivity contribution in [1.29, 1.82) is 0 Å². The molecule has 3 rings (SSSR count). The normalized spacial score (nSPS) is 10.5. The summed E-state index contributed by atoms with van der Waals surface area (Å²) in [4.78, 5) is 24.3. The zero-order chi connectivity index (χ0) is 23.1. The van der Waals surface area contributed by atoms with Gasteiger partial charge < -0.3 is 19.5 Å². The van der Waals surface area contributed by atoms with Gasteiger partial charge in [-0.1, -0.05) is 6.07 Å². The van der Waals surface area contributed by atoms with Crippen LogP contribution in [0.15, 0.2) is 53.3 Å². The number of hydrogen-bond acceptors (Lipinski definition) is 6. The largest absolute Gasteiger partial charge is 0.493 e. The van der Waals surface area contributed by atoms with Gasteiger partial charge in [0.2, 0.25) is 0 Å². The maximum atomic E-state index is 12.2. The molecule has 168 valence electrons. The summed E-state index contributed by atoms with van der Waals surface area (Å²) in [6.07, 6.45) is 0. The molecular weight excluding hydrogens is 410 g/mol. The Morgan fingerprint density at radius 2 is 1.69 bits per heavy atom. The molecule has 0 aliphatic heterocycles. The van der Waals surface area contributed by atoms with E-state index in [0.29, 0.717) is 22.9 Å². The Bertz CT molecular complexity index is 1140. The monoisotopic (exact) mass is 437 g/mol. The first kappa shape index (κ1) is 22.9. The van der Waals surface area contributed by atoms with Crippen molar-refractivity contribution in [3.8, 4) is 28.5 Å². The number of ether oxygens (including phenoxy) is 3. The average molecular weight is 437 g/mol. The van der Waals surface area contributed by atoms with E-state index in [2.05, 4.69) is 10.4 Å². The van der Waals surface area contributed by atoms with E-state index < -0.39 is 0 Å². The summed E-state index contributed by atoms with van der Waals surface area (Å²) in [5, 5.41) is 7.16. The van der Waals surface area contributed by atoms with Crippen LogP contribution in [-0.4, -0.2) is 43.1 Å². The minimum Gasteiger partial charge on any atom is -0.493 e. The third-order valence-electron chi connectivity index (χ3n) is 4.76. The van der Waals surface area contributed by atoms with E-state index >= 15 is 0 Å². The molecule has 0 saturated heterocycles. The molecule has 1 aromatic heterocycles. The number of hydrogen-bond donors (Lipinski definition) is 1. The van der Waals surface area contributed by atoms with Gasteiger partial charge in [-0.05, 0) is 61.4 Å². The number of carbonyl (C=O) groups excluding carboxylic acids is 1. The Balaban J connectivity index is 1.59. The maximum Gasteiger partial charge on any atom is 0.266 e. The average Bonchev–Trinajstić information content (AvgIpc) is 2.78. The molecule has 1 amide bonds. The van der Waals surface area contributed by atoms with Crippen molar-refractivity contribution < 1.29 is 19.0 Å².